The summed E-state index contributed by atoms with van der Waals surface area (Å²) in [5, 5.41) is 0. The Bertz CT molecular complexity index is 538. The fraction of sp³-hybridized carbons (Fsp3) is 0.462. The molecule has 126 valence electrons. The van der Waals surface area contributed by atoms with Crippen molar-refractivity contribution in [3.63, 3.8) is 0 Å². The smallest absolute Gasteiger partial charge is 0.469 e. The molecule has 1 aromatic carbocycles. The van der Waals surface area contributed by atoms with E-state index in [4.69, 9.17) is 5.73 Å². The number of carbonyl (C=O) groups excluding carboxylic acids is 1. The molecule has 9 heteroatoms. The summed E-state index contributed by atoms with van der Waals surface area (Å²) in [5.74, 6) is -1.08. The third kappa shape index (κ3) is 5.03. The van der Waals surface area contributed by atoms with Gasteiger partial charge in [-0.15, -0.1) is 25.6 Å². The molecule has 0 saturated carbocycles. The summed E-state index contributed by atoms with van der Waals surface area (Å²) >= 11 is 3.16. The number of ether oxygens (including phenoxy) is 2. The summed E-state index contributed by atoms with van der Waals surface area (Å²) in [4.78, 5) is 11.8. The zero-order valence-electron chi connectivity index (χ0n) is 12.0. The number of methoxy groups -OCH3 is 1. The highest BCUT2D eigenvalue weighted by atomic mass is 79.9. The lowest BCUT2D eigenvalue weighted by atomic mass is 9.80. The summed E-state index contributed by atoms with van der Waals surface area (Å²) in [6.07, 6.45) is -4.85. The lowest BCUT2D eigenvalue weighted by Gasteiger charge is -2.30. The maximum Gasteiger partial charge on any atom is 0.573 e. The van der Waals surface area contributed by atoms with Crippen molar-refractivity contribution < 1.29 is 27.4 Å². The zero-order chi connectivity index (χ0) is 16.4. The fourth-order valence-corrected chi connectivity index (χ4v) is 2.14. The van der Waals surface area contributed by atoms with Crippen molar-refractivity contribution in [1.82, 2.24) is 0 Å². The number of carbonyl (C=O) groups is 1. The Morgan fingerprint density at radius 1 is 1.32 bits per heavy atom. The summed E-state index contributed by atoms with van der Waals surface area (Å²) in [6, 6.07) is 2.87. The molecule has 0 bridgehead atoms. The molecule has 0 saturated heterocycles. The molecule has 0 amide bonds. The Balaban J connectivity index is 0.00000441. The Labute approximate surface area is 140 Å². The molecule has 0 radical (unpaired) electrons. The van der Waals surface area contributed by atoms with Crippen LogP contribution in [0.25, 0.3) is 0 Å². The van der Waals surface area contributed by atoms with Crippen molar-refractivity contribution in [2.24, 2.45) is 11.1 Å². The second-order valence-electron chi connectivity index (χ2n) is 4.92. The van der Waals surface area contributed by atoms with E-state index in [1.165, 1.54) is 33.1 Å². The van der Waals surface area contributed by atoms with Crippen molar-refractivity contribution >= 4 is 34.3 Å². The van der Waals surface area contributed by atoms with Crippen molar-refractivity contribution in [2.75, 3.05) is 7.11 Å². The van der Waals surface area contributed by atoms with Crippen LogP contribution in [0, 0.1) is 5.41 Å². The van der Waals surface area contributed by atoms with E-state index in [2.05, 4.69) is 25.4 Å². The van der Waals surface area contributed by atoms with Gasteiger partial charge in [0.1, 0.15) is 5.75 Å². The van der Waals surface area contributed by atoms with Crippen LogP contribution in [0.1, 0.15) is 25.5 Å². The molecule has 2 N–H and O–H groups in total. The minimum atomic E-state index is -4.85. The number of benzene rings is 1. The second-order valence-corrected chi connectivity index (χ2v) is 5.84. The third-order valence-electron chi connectivity index (χ3n) is 3.02. The van der Waals surface area contributed by atoms with E-state index in [9.17, 15) is 18.0 Å². The quantitative estimate of drug-likeness (QED) is 0.769. The third-order valence-corrected chi connectivity index (χ3v) is 3.51. The van der Waals surface area contributed by atoms with Crippen LogP contribution in [0.3, 0.4) is 0 Å². The summed E-state index contributed by atoms with van der Waals surface area (Å²) < 4.78 is 46.4. The first-order valence-corrected chi connectivity index (χ1v) is 6.67. The number of hydrogen-bond donors (Lipinski definition) is 1. The fourth-order valence-electron chi connectivity index (χ4n) is 1.76. The van der Waals surface area contributed by atoms with Crippen molar-refractivity contribution in [3.8, 4) is 5.75 Å². The minimum absolute atomic E-state index is 0. The molecule has 0 aliphatic heterocycles. The van der Waals surface area contributed by atoms with Crippen LogP contribution < -0.4 is 10.5 Å². The van der Waals surface area contributed by atoms with Crippen LogP contribution in [0.5, 0.6) is 5.75 Å². The lowest BCUT2D eigenvalue weighted by Crippen LogP contribution is -2.38. The molecule has 0 unspecified atom stereocenters. The van der Waals surface area contributed by atoms with E-state index in [0.717, 1.165) is 6.07 Å². The van der Waals surface area contributed by atoms with Gasteiger partial charge < -0.3 is 15.2 Å². The van der Waals surface area contributed by atoms with Crippen molar-refractivity contribution in [3.05, 3.63) is 28.2 Å². The van der Waals surface area contributed by atoms with Crippen LogP contribution in [0.2, 0.25) is 0 Å². The molecule has 0 aliphatic carbocycles. The van der Waals surface area contributed by atoms with Crippen LogP contribution in [0.4, 0.5) is 13.2 Å². The lowest BCUT2D eigenvalue weighted by molar-refractivity contribution is -0.275. The van der Waals surface area contributed by atoms with E-state index in [1.54, 1.807) is 0 Å². The maximum absolute atomic E-state index is 12.4. The monoisotopic (exact) mass is 405 g/mol. The number of rotatable bonds is 4. The van der Waals surface area contributed by atoms with Gasteiger partial charge in [-0.2, -0.15) is 0 Å². The Hall–Kier alpha value is -0.990. The number of alkyl halides is 3. The summed E-state index contributed by atoms with van der Waals surface area (Å²) in [7, 11) is 1.19. The predicted molar refractivity (Wildman–Crippen MR) is 80.8 cm³/mol. The van der Waals surface area contributed by atoms with Gasteiger partial charge in [-0.05, 0) is 32.0 Å². The van der Waals surface area contributed by atoms with Crippen LogP contribution in [-0.2, 0) is 9.53 Å². The molecule has 22 heavy (non-hydrogen) atoms. The van der Waals surface area contributed by atoms with Gasteiger partial charge in [0.05, 0.1) is 12.5 Å². The normalized spacial score (nSPS) is 13.1. The molecule has 1 aromatic rings. The number of halogens is 5. The van der Waals surface area contributed by atoms with Gasteiger partial charge in [0.15, 0.2) is 0 Å². The van der Waals surface area contributed by atoms with Gasteiger partial charge in [-0.1, -0.05) is 15.9 Å². The first-order chi connectivity index (χ1) is 9.49. The highest BCUT2D eigenvalue weighted by Gasteiger charge is 2.40. The highest BCUT2D eigenvalue weighted by Crippen LogP contribution is 2.39. The molecule has 0 heterocycles. The van der Waals surface area contributed by atoms with Crippen LogP contribution in [0.15, 0.2) is 22.7 Å². The van der Waals surface area contributed by atoms with Gasteiger partial charge in [0.25, 0.3) is 0 Å². The first kappa shape index (κ1) is 21.0. The molecule has 1 rings (SSSR count). The molecular formula is C13H16BrClF3NO3. The Morgan fingerprint density at radius 2 is 1.86 bits per heavy atom. The van der Waals surface area contributed by atoms with Gasteiger partial charge in [-0.3, -0.25) is 4.79 Å². The molecule has 0 fully saturated rings. The van der Waals surface area contributed by atoms with Gasteiger partial charge in [0.2, 0.25) is 0 Å². The van der Waals surface area contributed by atoms with Crippen LogP contribution >= 0.6 is 28.3 Å². The number of esters is 1. The van der Waals surface area contributed by atoms with E-state index >= 15 is 0 Å². The minimum Gasteiger partial charge on any atom is -0.469 e. The molecule has 0 aromatic heterocycles. The topological polar surface area (TPSA) is 61.5 Å². The standard InChI is InChI=1S/C13H15BrF3NO3.ClH/c1-12(2,11(19)20-3)10(18)8-6-7(14)4-5-9(8)21-13(15,16)17;/h4-6,10H,18H2,1-3H3;1H/t10-;/m1./s1. The van der Waals surface area contributed by atoms with Gasteiger partial charge >= 0.3 is 12.3 Å². The van der Waals surface area contributed by atoms with E-state index in [-0.39, 0.29) is 18.0 Å². The van der Waals surface area contributed by atoms with E-state index in [1.807, 2.05) is 0 Å². The average Bonchev–Trinajstić information content (AvgIpc) is 2.37. The van der Waals surface area contributed by atoms with Gasteiger partial charge in [-0.25, -0.2) is 0 Å². The maximum atomic E-state index is 12.4. The SMILES string of the molecule is COC(=O)C(C)(C)[C@H](N)c1cc(Br)ccc1OC(F)(F)F.Cl. The largest absolute Gasteiger partial charge is 0.573 e. The average molecular weight is 407 g/mol. The van der Waals surface area contributed by atoms with E-state index in [0.29, 0.717) is 4.47 Å². The Morgan fingerprint density at radius 3 is 2.32 bits per heavy atom. The summed E-state index contributed by atoms with van der Waals surface area (Å²) in [6.45, 7) is 2.98. The number of hydrogen-bond acceptors (Lipinski definition) is 4. The molecule has 0 spiro atoms. The first-order valence-electron chi connectivity index (χ1n) is 5.88. The molecule has 4 nitrogen and oxygen atoms in total. The van der Waals surface area contributed by atoms with Crippen molar-refractivity contribution in [2.45, 2.75) is 26.3 Å². The predicted octanol–water partition coefficient (Wildman–Crippen LogP) is 3.97. The second kappa shape index (κ2) is 7.52. The molecule has 1 atom stereocenters. The highest BCUT2D eigenvalue weighted by molar-refractivity contribution is 9.10. The Kier molecular flexibility index (Phi) is 7.18. The van der Waals surface area contributed by atoms with Gasteiger partial charge in [0, 0.05) is 16.1 Å². The summed E-state index contributed by atoms with van der Waals surface area (Å²) in [5.41, 5.74) is 4.80. The van der Waals surface area contributed by atoms with E-state index < -0.39 is 29.5 Å². The molecular weight excluding hydrogens is 390 g/mol. The van der Waals surface area contributed by atoms with Crippen molar-refractivity contribution in [1.29, 1.82) is 0 Å². The molecule has 0 aliphatic rings. The van der Waals surface area contributed by atoms with Crippen LogP contribution in [-0.4, -0.2) is 19.4 Å². The number of nitrogens with two attached hydrogens (primary N) is 1. The zero-order valence-corrected chi connectivity index (χ0v) is 14.4.